The Balaban J connectivity index is 2.82. The SMILES string of the molecule is CC(=O)NCc1ccc(C(Cl)N=O)cc1I. The Morgan fingerprint density at radius 3 is 2.81 bits per heavy atom. The first kappa shape index (κ1) is 13.4. The molecule has 0 radical (unpaired) electrons. The normalized spacial score (nSPS) is 11.9. The summed E-state index contributed by atoms with van der Waals surface area (Å²) in [4.78, 5) is 21.0. The first-order chi connectivity index (χ1) is 7.54. The monoisotopic (exact) mass is 352 g/mol. The molecule has 0 bridgehead atoms. The van der Waals surface area contributed by atoms with Crippen molar-refractivity contribution in [2.45, 2.75) is 19.0 Å². The summed E-state index contributed by atoms with van der Waals surface area (Å²) in [5.74, 6) is -0.0790. The zero-order valence-corrected chi connectivity index (χ0v) is 11.4. The molecule has 0 aliphatic rings. The van der Waals surface area contributed by atoms with Crippen molar-refractivity contribution in [1.29, 1.82) is 0 Å². The van der Waals surface area contributed by atoms with Gasteiger partial charge in [-0.1, -0.05) is 23.7 Å². The van der Waals surface area contributed by atoms with Crippen LogP contribution in [0.15, 0.2) is 23.4 Å². The summed E-state index contributed by atoms with van der Waals surface area (Å²) >= 11 is 7.82. The number of halogens is 2. The minimum absolute atomic E-state index is 0.0790. The molecule has 1 amide bonds. The van der Waals surface area contributed by atoms with Crippen LogP contribution >= 0.6 is 34.2 Å². The molecule has 4 nitrogen and oxygen atoms in total. The van der Waals surface area contributed by atoms with E-state index >= 15 is 0 Å². The van der Waals surface area contributed by atoms with Crippen LogP contribution < -0.4 is 5.32 Å². The minimum atomic E-state index is -0.858. The van der Waals surface area contributed by atoms with Gasteiger partial charge in [-0.3, -0.25) is 4.79 Å². The summed E-state index contributed by atoms with van der Waals surface area (Å²) in [6.07, 6.45) is 0. The van der Waals surface area contributed by atoms with E-state index in [0.29, 0.717) is 12.1 Å². The highest BCUT2D eigenvalue weighted by Crippen LogP contribution is 2.24. The van der Waals surface area contributed by atoms with Gasteiger partial charge in [0.15, 0.2) is 5.50 Å². The topological polar surface area (TPSA) is 58.5 Å². The van der Waals surface area contributed by atoms with Crippen molar-refractivity contribution in [3.8, 4) is 0 Å². The van der Waals surface area contributed by atoms with Crippen LogP contribution in [0.25, 0.3) is 0 Å². The molecule has 0 aliphatic carbocycles. The third kappa shape index (κ3) is 3.71. The van der Waals surface area contributed by atoms with Gasteiger partial charge in [-0.15, -0.1) is 4.91 Å². The number of carbonyl (C=O) groups is 1. The smallest absolute Gasteiger partial charge is 0.217 e. The Kier molecular flexibility index (Phi) is 5.14. The van der Waals surface area contributed by atoms with Gasteiger partial charge in [-0.25, -0.2) is 0 Å². The number of benzene rings is 1. The van der Waals surface area contributed by atoms with Crippen LogP contribution in [0.4, 0.5) is 0 Å². The Hall–Kier alpha value is -0.690. The molecule has 1 aromatic carbocycles. The predicted molar refractivity (Wildman–Crippen MR) is 71.1 cm³/mol. The van der Waals surface area contributed by atoms with E-state index < -0.39 is 5.50 Å². The first-order valence-electron chi connectivity index (χ1n) is 4.54. The van der Waals surface area contributed by atoms with Gasteiger partial charge in [-0.2, -0.15) is 0 Å². The molecule has 6 heteroatoms. The third-order valence-corrected chi connectivity index (χ3v) is 3.31. The standard InChI is InChI=1S/C10H10ClIN2O2/c1-6(15)13-5-8-3-2-7(4-9(8)12)10(11)14-16/h2-4,10H,5H2,1H3,(H,13,15). The average molecular weight is 353 g/mol. The molecule has 0 aromatic heterocycles. The van der Waals surface area contributed by atoms with Gasteiger partial charge < -0.3 is 5.32 Å². The summed E-state index contributed by atoms with van der Waals surface area (Å²) in [5.41, 5.74) is 0.783. The van der Waals surface area contributed by atoms with Gasteiger partial charge in [0.1, 0.15) is 0 Å². The van der Waals surface area contributed by atoms with Gasteiger partial charge in [0.25, 0.3) is 0 Å². The fourth-order valence-electron chi connectivity index (χ4n) is 1.14. The maximum Gasteiger partial charge on any atom is 0.217 e. The minimum Gasteiger partial charge on any atom is -0.352 e. The number of rotatable bonds is 4. The molecule has 0 aliphatic heterocycles. The fourth-order valence-corrected chi connectivity index (χ4v) is 2.00. The Morgan fingerprint density at radius 2 is 2.31 bits per heavy atom. The number of hydrogen-bond donors (Lipinski definition) is 1. The molecule has 1 atom stereocenters. The maximum absolute atomic E-state index is 10.8. The number of alkyl halides is 1. The Labute approximate surface area is 112 Å². The molecule has 1 N–H and O–H groups in total. The summed E-state index contributed by atoms with van der Waals surface area (Å²) < 4.78 is 0.943. The number of nitrogens with one attached hydrogen (secondary N) is 1. The first-order valence-corrected chi connectivity index (χ1v) is 6.05. The zero-order valence-electron chi connectivity index (χ0n) is 8.54. The van der Waals surface area contributed by atoms with E-state index in [4.69, 9.17) is 11.6 Å². The molecule has 0 saturated heterocycles. The number of amides is 1. The fraction of sp³-hybridized carbons (Fsp3) is 0.300. The van der Waals surface area contributed by atoms with Gasteiger partial charge in [-0.05, 0) is 45.0 Å². The largest absolute Gasteiger partial charge is 0.352 e. The number of nitroso groups, excluding NO2 is 1. The number of hydrogen-bond acceptors (Lipinski definition) is 3. The van der Waals surface area contributed by atoms with E-state index in [1.807, 2.05) is 6.07 Å². The summed E-state index contributed by atoms with van der Waals surface area (Å²) in [5, 5.41) is 5.45. The highest BCUT2D eigenvalue weighted by molar-refractivity contribution is 14.1. The van der Waals surface area contributed by atoms with Crippen molar-refractivity contribution in [3.63, 3.8) is 0 Å². The van der Waals surface area contributed by atoms with Gasteiger partial charge in [0.2, 0.25) is 5.91 Å². The predicted octanol–water partition coefficient (Wildman–Crippen LogP) is 2.93. The maximum atomic E-state index is 10.8. The molecule has 0 spiro atoms. The Bertz CT molecular complexity index is 412. The van der Waals surface area contributed by atoms with E-state index in [2.05, 4.69) is 33.1 Å². The average Bonchev–Trinajstić information content (AvgIpc) is 2.26. The molecule has 1 unspecified atom stereocenters. The van der Waals surface area contributed by atoms with Crippen molar-refractivity contribution in [2.75, 3.05) is 0 Å². The van der Waals surface area contributed by atoms with Crippen LogP contribution in [0.2, 0.25) is 0 Å². The Morgan fingerprint density at radius 1 is 1.62 bits per heavy atom. The lowest BCUT2D eigenvalue weighted by atomic mass is 10.1. The molecule has 0 saturated carbocycles. The van der Waals surface area contributed by atoms with E-state index in [1.54, 1.807) is 12.1 Å². The molecule has 0 fully saturated rings. The zero-order chi connectivity index (χ0) is 12.1. The van der Waals surface area contributed by atoms with Crippen molar-refractivity contribution >= 4 is 40.1 Å². The van der Waals surface area contributed by atoms with Crippen molar-refractivity contribution in [3.05, 3.63) is 37.8 Å². The van der Waals surface area contributed by atoms with Crippen molar-refractivity contribution in [1.82, 2.24) is 5.32 Å². The number of nitrogens with zero attached hydrogens (tertiary/aromatic N) is 1. The molecular weight excluding hydrogens is 342 g/mol. The van der Waals surface area contributed by atoms with Crippen LogP contribution in [0.1, 0.15) is 23.6 Å². The van der Waals surface area contributed by atoms with Crippen molar-refractivity contribution < 1.29 is 4.79 Å². The van der Waals surface area contributed by atoms with E-state index in [1.165, 1.54) is 6.92 Å². The van der Waals surface area contributed by atoms with E-state index in [-0.39, 0.29) is 5.91 Å². The third-order valence-electron chi connectivity index (χ3n) is 1.97. The molecule has 86 valence electrons. The van der Waals surface area contributed by atoms with E-state index in [9.17, 15) is 9.70 Å². The second-order valence-electron chi connectivity index (χ2n) is 3.20. The van der Waals surface area contributed by atoms with Gasteiger partial charge in [0, 0.05) is 17.0 Å². The summed E-state index contributed by atoms with van der Waals surface area (Å²) in [6.45, 7) is 1.93. The lowest BCUT2D eigenvalue weighted by molar-refractivity contribution is -0.119. The van der Waals surface area contributed by atoms with Gasteiger partial charge >= 0.3 is 0 Å². The van der Waals surface area contributed by atoms with Crippen LogP contribution in [0, 0.1) is 8.48 Å². The molecule has 0 heterocycles. The lowest BCUT2D eigenvalue weighted by Crippen LogP contribution is -2.19. The van der Waals surface area contributed by atoms with Gasteiger partial charge in [0.05, 0.1) is 0 Å². The van der Waals surface area contributed by atoms with Crippen LogP contribution in [0.3, 0.4) is 0 Å². The van der Waals surface area contributed by atoms with Crippen molar-refractivity contribution in [2.24, 2.45) is 5.18 Å². The number of carbonyl (C=O) groups excluding carboxylic acids is 1. The molecular formula is C10H10ClIN2O2. The highest BCUT2D eigenvalue weighted by Gasteiger charge is 2.09. The molecule has 16 heavy (non-hydrogen) atoms. The highest BCUT2D eigenvalue weighted by atomic mass is 127. The van der Waals surface area contributed by atoms with Crippen LogP contribution in [-0.4, -0.2) is 5.91 Å². The summed E-state index contributed by atoms with van der Waals surface area (Å²) in [7, 11) is 0. The molecule has 1 rings (SSSR count). The second-order valence-corrected chi connectivity index (χ2v) is 4.78. The lowest BCUT2D eigenvalue weighted by Gasteiger charge is -2.08. The summed E-state index contributed by atoms with van der Waals surface area (Å²) in [6, 6.07) is 5.35. The second kappa shape index (κ2) is 6.15. The molecule has 1 aromatic rings. The van der Waals surface area contributed by atoms with Crippen LogP contribution in [0.5, 0.6) is 0 Å². The quantitative estimate of drug-likeness (QED) is 0.392. The van der Waals surface area contributed by atoms with Crippen LogP contribution in [-0.2, 0) is 11.3 Å². The van der Waals surface area contributed by atoms with E-state index in [0.717, 1.165) is 9.13 Å².